The Labute approximate surface area is 103 Å². The van der Waals surface area contributed by atoms with Gasteiger partial charge < -0.3 is 5.21 Å². The molecule has 0 spiro atoms. The van der Waals surface area contributed by atoms with Crippen molar-refractivity contribution in [3.63, 3.8) is 0 Å². The lowest BCUT2D eigenvalue weighted by Crippen LogP contribution is -2.27. The molecule has 1 heterocycles. The summed E-state index contributed by atoms with van der Waals surface area (Å²) < 4.78 is 0.735. The van der Waals surface area contributed by atoms with Gasteiger partial charge in [0.15, 0.2) is 0 Å². The first-order valence-corrected chi connectivity index (χ1v) is 7.76. The maximum absolute atomic E-state index is 11.7. The monoisotopic (exact) mass is 260 g/mol. The van der Waals surface area contributed by atoms with Crippen LogP contribution in [0.3, 0.4) is 0 Å². The van der Waals surface area contributed by atoms with E-state index in [-0.39, 0.29) is 5.56 Å². The molecule has 4 nitrogen and oxygen atoms in total. The predicted octanol–water partition coefficient (Wildman–Crippen LogP) is 1.29. The van der Waals surface area contributed by atoms with Crippen molar-refractivity contribution in [1.82, 2.24) is 9.71 Å². The zero-order chi connectivity index (χ0) is 12.0. The van der Waals surface area contributed by atoms with Crippen molar-refractivity contribution >= 4 is 23.5 Å². The van der Waals surface area contributed by atoms with Gasteiger partial charge in [-0.25, -0.2) is 0 Å². The Balaban J connectivity index is 2.85. The first kappa shape index (κ1) is 13.4. The second-order valence-corrected chi connectivity index (χ2v) is 5.27. The normalized spacial score (nSPS) is 10.6. The van der Waals surface area contributed by atoms with Crippen LogP contribution in [0.1, 0.15) is 11.4 Å². The number of aromatic nitrogens is 2. The van der Waals surface area contributed by atoms with Crippen LogP contribution >= 0.6 is 23.5 Å². The van der Waals surface area contributed by atoms with Crippen LogP contribution in [-0.2, 0) is 12.8 Å². The van der Waals surface area contributed by atoms with E-state index in [0.717, 1.165) is 16.2 Å². The number of rotatable bonds is 6. The minimum Gasteiger partial charge on any atom is -0.425 e. The highest BCUT2D eigenvalue weighted by atomic mass is 32.2. The molecule has 1 aromatic heterocycles. The van der Waals surface area contributed by atoms with Crippen LogP contribution in [0.15, 0.2) is 11.0 Å². The maximum atomic E-state index is 11.7. The van der Waals surface area contributed by atoms with Crippen LogP contribution in [0.4, 0.5) is 0 Å². The summed E-state index contributed by atoms with van der Waals surface area (Å²) in [5, 5.41) is 9.65. The molecule has 0 saturated heterocycles. The molecule has 0 amide bonds. The minimum atomic E-state index is -0.382. The Morgan fingerprint density at radius 2 is 1.94 bits per heavy atom. The van der Waals surface area contributed by atoms with Gasteiger partial charge in [0.05, 0.1) is 11.9 Å². The van der Waals surface area contributed by atoms with Crippen LogP contribution in [-0.4, -0.2) is 38.9 Å². The third-order valence-corrected chi connectivity index (χ3v) is 3.41. The fourth-order valence-corrected chi connectivity index (χ4v) is 2.07. The predicted molar refractivity (Wildman–Crippen MR) is 69.9 cm³/mol. The van der Waals surface area contributed by atoms with Gasteiger partial charge in [0.2, 0.25) is 0 Å². The third-order valence-electron chi connectivity index (χ3n) is 2.19. The lowest BCUT2D eigenvalue weighted by atomic mass is 10.3. The highest BCUT2D eigenvalue weighted by Crippen LogP contribution is 2.02. The van der Waals surface area contributed by atoms with Gasteiger partial charge in [-0.15, -0.1) is 4.73 Å². The number of thioether (sulfide) groups is 2. The van der Waals surface area contributed by atoms with Gasteiger partial charge >= 0.3 is 5.56 Å². The van der Waals surface area contributed by atoms with Gasteiger partial charge in [0, 0.05) is 12.8 Å². The Hall–Kier alpha value is -0.620. The molecule has 1 aromatic rings. The smallest absolute Gasteiger partial charge is 0.304 e. The summed E-state index contributed by atoms with van der Waals surface area (Å²) >= 11 is 3.33. The molecule has 1 N–H and O–H groups in total. The van der Waals surface area contributed by atoms with Gasteiger partial charge in [-0.3, -0.25) is 9.78 Å². The number of hydrogen-bond donors (Lipinski definition) is 1. The van der Waals surface area contributed by atoms with Gasteiger partial charge in [-0.1, -0.05) is 0 Å². The largest absolute Gasteiger partial charge is 0.425 e. The van der Waals surface area contributed by atoms with E-state index in [4.69, 9.17) is 0 Å². The molecular formula is C10H16N2O2S2. The van der Waals surface area contributed by atoms with Gasteiger partial charge in [-0.05, 0) is 24.0 Å². The van der Waals surface area contributed by atoms with Crippen molar-refractivity contribution in [2.75, 3.05) is 24.0 Å². The molecule has 0 aliphatic rings. The van der Waals surface area contributed by atoms with Crippen molar-refractivity contribution in [3.8, 4) is 0 Å². The third kappa shape index (κ3) is 3.45. The SMILES string of the molecule is CSCCc1ncc(CCSC)n(O)c1=O. The molecular weight excluding hydrogens is 244 g/mol. The molecule has 6 heteroatoms. The van der Waals surface area contributed by atoms with Crippen LogP contribution in [0.2, 0.25) is 0 Å². The van der Waals surface area contributed by atoms with E-state index in [1.54, 1.807) is 29.7 Å². The molecule has 0 aliphatic carbocycles. The molecule has 0 fully saturated rings. The first-order valence-electron chi connectivity index (χ1n) is 4.97. The van der Waals surface area contributed by atoms with E-state index in [2.05, 4.69) is 4.98 Å². The van der Waals surface area contributed by atoms with E-state index in [1.807, 2.05) is 12.5 Å². The molecule has 0 saturated carbocycles. The molecule has 1 rings (SSSR count). The van der Waals surface area contributed by atoms with Crippen molar-refractivity contribution in [3.05, 3.63) is 27.9 Å². The van der Waals surface area contributed by atoms with Gasteiger partial charge in [0.25, 0.3) is 0 Å². The van der Waals surface area contributed by atoms with E-state index >= 15 is 0 Å². The zero-order valence-corrected chi connectivity index (χ0v) is 11.1. The number of hydrogen-bond acceptors (Lipinski definition) is 5. The van der Waals surface area contributed by atoms with E-state index in [9.17, 15) is 10.0 Å². The number of aryl methyl sites for hydroxylation is 2. The quantitative estimate of drug-likeness (QED) is 0.781. The minimum absolute atomic E-state index is 0.382. The molecule has 0 atom stereocenters. The number of nitrogens with zero attached hydrogens (tertiary/aromatic N) is 2. The van der Waals surface area contributed by atoms with E-state index in [1.165, 1.54) is 0 Å². The molecule has 16 heavy (non-hydrogen) atoms. The Bertz CT molecular complexity index is 393. The first-order chi connectivity index (χ1) is 7.70. The summed E-state index contributed by atoms with van der Waals surface area (Å²) in [6.45, 7) is 0. The maximum Gasteiger partial charge on any atom is 0.304 e. The van der Waals surface area contributed by atoms with Crippen LogP contribution in [0.5, 0.6) is 0 Å². The van der Waals surface area contributed by atoms with E-state index < -0.39 is 0 Å². The summed E-state index contributed by atoms with van der Waals surface area (Å²) in [4.78, 5) is 15.8. The van der Waals surface area contributed by atoms with Gasteiger partial charge in [0.1, 0.15) is 5.69 Å². The van der Waals surface area contributed by atoms with Crippen LogP contribution in [0, 0.1) is 0 Å². The Morgan fingerprint density at radius 1 is 1.31 bits per heavy atom. The summed E-state index contributed by atoms with van der Waals surface area (Å²) in [6.07, 6.45) is 6.81. The average Bonchev–Trinajstić information content (AvgIpc) is 2.30. The van der Waals surface area contributed by atoms with Gasteiger partial charge in [-0.2, -0.15) is 23.5 Å². The Kier molecular flexibility index (Phi) is 5.76. The fraction of sp³-hybridized carbons (Fsp3) is 0.600. The molecule has 0 radical (unpaired) electrons. The highest BCUT2D eigenvalue weighted by Gasteiger charge is 2.08. The van der Waals surface area contributed by atoms with Crippen molar-refractivity contribution in [1.29, 1.82) is 0 Å². The summed E-state index contributed by atoms with van der Waals surface area (Å²) in [5.74, 6) is 1.71. The van der Waals surface area contributed by atoms with Crippen LogP contribution < -0.4 is 5.56 Å². The second kappa shape index (κ2) is 6.85. The molecule has 0 bridgehead atoms. The molecule has 0 aromatic carbocycles. The highest BCUT2D eigenvalue weighted by molar-refractivity contribution is 7.98. The second-order valence-electron chi connectivity index (χ2n) is 3.30. The lowest BCUT2D eigenvalue weighted by molar-refractivity contribution is 0.163. The topological polar surface area (TPSA) is 55.1 Å². The summed E-state index contributed by atoms with van der Waals surface area (Å²) in [5.41, 5.74) is 0.629. The van der Waals surface area contributed by atoms with Crippen molar-refractivity contribution < 1.29 is 5.21 Å². The Morgan fingerprint density at radius 3 is 2.56 bits per heavy atom. The molecule has 0 aliphatic heterocycles. The zero-order valence-electron chi connectivity index (χ0n) is 9.47. The average molecular weight is 260 g/mol. The standard InChI is InChI=1S/C10H16N2O2S2/c1-15-5-3-8-7-11-9(4-6-16-2)10(13)12(8)14/h7,14H,3-6H2,1-2H3. The van der Waals surface area contributed by atoms with Crippen molar-refractivity contribution in [2.45, 2.75) is 12.8 Å². The van der Waals surface area contributed by atoms with Crippen LogP contribution in [0.25, 0.3) is 0 Å². The van der Waals surface area contributed by atoms with E-state index in [0.29, 0.717) is 24.2 Å². The fourth-order valence-electron chi connectivity index (χ4n) is 1.26. The molecule has 0 unspecified atom stereocenters. The summed E-state index contributed by atoms with van der Waals surface area (Å²) in [7, 11) is 0. The summed E-state index contributed by atoms with van der Waals surface area (Å²) in [6, 6.07) is 0. The van der Waals surface area contributed by atoms with Crippen molar-refractivity contribution in [2.24, 2.45) is 0 Å². The molecule has 90 valence electrons. The lowest BCUT2D eigenvalue weighted by Gasteiger charge is -2.06.